The van der Waals surface area contributed by atoms with Crippen molar-refractivity contribution in [2.45, 2.75) is 57.4 Å². The molecule has 2 aliphatic rings. The monoisotopic (exact) mass is 566 g/mol. The fourth-order valence-electron chi connectivity index (χ4n) is 4.00. The number of methoxy groups -OCH3 is 1. The summed E-state index contributed by atoms with van der Waals surface area (Å²) in [5.74, 6) is 0.250. The second-order valence-electron chi connectivity index (χ2n) is 9.99. The highest BCUT2D eigenvalue weighted by molar-refractivity contribution is 9.09. The third-order valence-electron chi connectivity index (χ3n) is 6.06. The molecule has 192 valence electrons. The molecule has 0 aliphatic carbocycles. The number of benzene rings is 1. The van der Waals surface area contributed by atoms with Gasteiger partial charge in [0.05, 0.1) is 25.0 Å². The summed E-state index contributed by atoms with van der Waals surface area (Å²) in [6.45, 7) is 7.83. The van der Waals surface area contributed by atoms with E-state index in [1.807, 2.05) is 0 Å². The van der Waals surface area contributed by atoms with Crippen LogP contribution in [-0.2, 0) is 14.3 Å². The number of rotatable bonds is 13. The molecule has 8 nitrogen and oxygen atoms in total. The Morgan fingerprint density at radius 3 is 2.54 bits per heavy atom. The van der Waals surface area contributed by atoms with Crippen molar-refractivity contribution in [1.82, 2.24) is 4.90 Å². The van der Waals surface area contributed by atoms with Crippen LogP contribution in [0.3, 0.4) is 0 Å². The van der Waals surface area contributed by atoms with E-state index in [0.29, 0.717) is 47.8 Å². The zero-order chi connectivity index (χ0) is 25.6. The molecular weight excluding hydrogens is 532 g/mol. The maximum atomic E-state index is 13.6. The van der Waals surface area contributed by atoms with Gasteiger partial charge < -0.3 is 19.1 Å². The van der Waals surface area contributed by atoms with Crippen molar-refractivity contribution in [2.24, 2.45) is 0 Å². The zero-order valence-corrected chi connectivity index (χ0v) is 23.6. The molecule has 2 aliphatic heterocycles. The molecule has 0 bridgehead atoms. The molecule has 1 aromatic rings. The SMILES string of the molecule is COc1cc2c(cc1OCCCCCBr)N(COCC[Si](C)(C)C)C(=O)[C@@H]1CC(C=O)=CN1C2=O. The number of carbonyl (C=O) groups excluding carboxylic acids is 3. The van der Waals surface area contributed by atoms with Crippen LogP contribution in [0, 0.1) is 0 Å². The van der Waals surface area contributed by atoms with E-state index >= 15 is 0 Å². The molecule has 0 saturated carbocycles. The van der Waals surface area contributed by atoms with E-state index in [0.717, 1.165) is 30.6 Å². The van der Waals surface area contributed by atoms with E-state index in [2.05, 4.69) is 35.6 Å². The number of carbonyl (C=O) groups is 3. The molecule has 1 atom stereocenters. The lowest BCUT2D eigenvalue weighted by molar-refractivity contribution is -0.123. The van der Waals surface area contributed by atoms with Gasteiger partial charge in [0.25, 0.3) is 11.8 Å². The number of anilines is 1. The Morgan fingerprint density at radius 2 is 1.89 bits per heavy atom. The molecule has 2 heterocycles. The molecule has 0 radical (unpaired) electrons. The summed E-state index contributed by atoms with van der Waals surface area (Å²) in [7, 11) is 0.207. The molecule has 3 rings (SSSR count). The van der Waals surface area contributed by atoms with Gasteiger partial charge in [-0.25, -0.2) is 0 Å². The van der Waals surface area contributed by atoms with Crippen molar-refractivity contribution in [3.8, 4) is 11.5 Å². The van der Waals surface area contributed by atoms with Crippen LogP contribution < -0.4 is 14.4 Å². The molecule has 35 heavy (non-hydrogen) atoms. The predicted molar refractivity (Wildman–Crippen MR) is 141 cm³/mol. The highest BCUT2D eigenvalue weighted by Gasteiger charge is 2.43. The Bertz CT molecular complexity index is 977. The summed E-state index contributed by atoms with van der Waals surface area (Å²) in [6, 6.07) is 3.49. The number of fused-ring (bicyclic) bond motifs is 2. The lowest BCUT2D eigenvalue weighted by Gasteiger charge is -2.26. The Labute approximate surface area is 216 Å². The summed E-state index contributed by atoms with van der Waals surface area (Å²) in [5.41, 5.74) is 1.15. The van der Waals surface area contributed by atoms with Crippen LogP contribution in [-0.4, -0.2) is 69.5 Å². The maximum Gasteiger partial charge on any atom is 0.260 e. The second-order valence-corrected chi connectivity index (χ2v) is 16.4. The average Bonchev–Trinajstić information content (AvgIpc) is 3.24. The Kier molecular flexibility index (Phi) is 9.54. The Hall–Kier alpha value is -2.17. The van der Waals surface area contributed by atoms with Crippen LogP contribution in [0.1, 0.15) is 36.0 Å². The van der Waals surface area contributed by atoms with Crippen LogP contribution in [0.4, 0.5) is 5.69 Å². The van der Waals surface area contributed by atoms with Gasteiger partial charge in [-0.3, -0.25) is 19.3 Å². The van der Waals surface area contributed by atoms with Gasteiger partial charge in [0.1, 0.15) is 19.1 Å². The molecule has 0 N–H and O–H groups in total. The number of nitrogens with zero attached hydrogens (tertiary/aromatic N) is 2. The number of alkyl halides is 1. The van der Waals surface area contributed by atoms with Crippen LogP contribution in [0.15, 0.2) is 23.9 Å². The first-order valence-corrected chi connectivity index (χ1v) is 16.8. The standard InChI is InChI=1S/C25H35BrN2O6Si/c1-32-22-13-19-20(14-23(22)34-9-7-5-6-8-26)28(17-33-10-11-35(2,3)4)25(31)21-12-18(16-29)15-27(21)24(19)30/h13-16,21H,5-12,17H2,1-4H3/t21-/m0/s1. The van der Waals surface area contributed by atoms with Gasteiger partial charge in [-0.2, -0.15) is 0 Å². The molecule has 0 unspecified atom stereocenters. The highest BCUT2D eigenvalue weighted by Crippen LogP contribution is 2.40. The van der Waals surface area contributed by atoms with Crippen molar-refractivity contribution in [3.05, 3.63) is 29.5 Å². The number of amides is 2. The smallest absolute Gasteiger partial charge is 0.260 e. The molecule has 2 amide bonds. The van der Waals surface area contributed by atoms with Gasteiger partial charge in [-0.05, 0) is 31.4 Å². The summed E-state index contributed by atoms with van der Waals surface area (Å²) in [4.78, 5) is 41.4. The van der Waals surface area contributed by atoms with Crippen molar-refractivity contribution >= 4 is 47.8 Å². The lowest BCUT2D eigenvalue weighted by Crippen LogP contribution is -2.45. The third kappa shape index (κ3) is 6.74. The van der Waals surface area contributed by atoms with E-state index in [4.69, 9.17) is 14.2 Å². The lowest BCUT2D eigenvalue weighted by atomic mass is 10.1. The minimum atomic E-state index is -1.31. The summed E-state index contributed by atoms with van der Waals surface area (Å²) in [6.07, 6.45) is 5.30. The number of aldehydes is 1. The summed E-state index contributed by atoms with van der Waals surface area (Å²) < 4.78 is 17.5. The van der Waals surface area contributed by atoms with E-state index in [1.165, 1.54) is 23.1 Å². The molecule has 0 saturated heterocycles. The number of hydrogen-bond donors (Lipinski definition) is 0. The molecule has 0 fully saturated rings. The molecule has 0 aromatic heterocycles. The van der Waals surface area contributed by atoms with Gasteiger partial charge >= 0.3 is 0 Å². The number of halogens is 1. The van der Waals surface area contributed by atoms with Crippen LogP contribution in [0.5, 0.6) is 11.5 Å². The topological polar surface area (TPSA) is 85.4 Å². The van der Waals surface area contributed by atoms with E-state index in [-0.39, 0.29) is 25.0 Å². The van der Waals surface area contributed by atoms with Crippen molar-refractivity contribution < 1.29 is 28.6 Å². The molecule has 1 aromatic carbocycles. The van der Waals surface area contributed by atoms with E-state index < -0.39 is 14.1 Å². The molecule has 0 spiro atoms. The minimum absolute atomic E-state index is 0.0153. The Balaban J connectivity index is 1.94. The zero-order valence-electron chi connectivity index (χ0n) is 21.0. The van der Waals surface area contributed by atoms with Gasteiger partial charge in [-0.15, -0.1) is 0 Å². The van der Waals surface area contributed by atoms with E-state index in [1.54, 1.807) is 12.1 Å². The Morgan fingerprint density at radius 1 is 1.11 bits per heavy atom. The first-order chi connectivity index (χ1) is 16.7. The highest BCUT2D eigenvalue weighted by atomic mass is 79.9. The molecule has 10 heteroatoms. The minimum Gasteiger partial charge on any atom is -0.493 e. The van der Waals surface area contributed by atoms with Crippen molar-refractivity contribution in [2.75, 3.05) is 37.3 Å². The second kappa shape index (κ2) is 12.2. The molecular formula is C25H35BrN2O6Si. The maximum absolute atomic E-state index is 13.6. The largest absolute Gasteiger partial charge is 0.493 e. The normalized spacial score (nSPS) is 17.6. The van der Waals surface area contributed by atoms with Gasteiger partial charge in [0.15, 0.2) is 11.5 Å². The first kappa shape index (κ1) is 27.4. The fraction of sp³-hybridized carbons (Fsp3) is 0.560. The van der Waals surface area contributed by atoms with Crippen LogP contribution >= 0.6 is 15.9 Å². The average molecular weight is 568 g/mol. The summed E-state index contributed by atoms with van der Waals surface area (Å²) >= 11 is 3.43. The first-order valence-electron chi connectivity index (χ1n) is 12.0. The number of hydrogen-bond acceptors (Lipinski definition) is 6. The van der Waals surface area contributed by atoms with Gasteiger partial charge in [0.2, 0.25) is 0 Å². The van der Waals surface area contributed by atoms with Crippen molar-refractivity contribution in [3.63, 3.8) is 0 Å². The van der Waals surface area contributed by atoms with Gasteiger partial charge in [0, 0.05) is 44.3 Å². The van der Waals surface area contributed by atoms with Crippen LogP contribution in [0.2, 0.25) is 25.7 Å². The fourth-order valence-corrected chi connectivity index (χ4v) is 5.16. The summed E-state index contributed by atoms with van der Waals surface area (Å²) in [5, 5.41) is 0.948. The predicted octanol–water partition coefficient (Wildman–Crippen LogP) is 4.60. The number of unbranched alkanes of at least 4 members (excludes halogenated alkanes) is 2. The van der Waals surface area contributed by atoms with E-state index in [9.17, 15) is 14.4 Å². The van der Waals surface area contributed by atoms with Crippen LogP contribution in [0.25, 0.3) is 0 Å². The van der Waals surface area contributed by atoms with Gasteiger partial charge in [-0.1, -0.05) is 35.6 Å². The third-order valence-corrected chi connectivity index (χ3v) is 8.33. The number of ether oxygens (including phenoxy) is 3. The van der Waals surface area contributed by atoms with Crippen molar-refractivity contribution in [1.29, 1.82) is 0 Å². The quantitative estimate of drug-likeness (QED) is 0.150.